The molecule has 1 atom stereocenters. The number of benzene rings is 1. The van der Waals surface area contributed by atoms with Crippen LogP contribution in [0.5, 0.6) is 0 Å². The molecule has 0 saturated carbocycles. The van der Waals surface area contributed by atoms with Gasteiger partial charge in [-0.2, -0.15) is 0 Å². The fraction of sp³-hybridized carbons (Fsp3) is 0.538. The molecule has 1 unspecified atom stereocenters. The maximum Gasteiger partial charge on any atom is 0.123 e. The van der Waals surface area contributed by atoms with Gasteiger partial charge in [-0.15, -0.1) is 0 Å². The fourth-order valence-electron chi connectivity index (χ4n) is 2.21. The number of piperidine rings is 1. The Morgan fingerprint density at radius 2 is 2.12 bits per heavy atom. The van der Waals surface area contributed by atoms with Crippen LogP contribution in [0.25, 0.3) is 0 Å². The molecule has 1 heterocycles. The van der Waals surface area contributed by atoms with Gasteiger partial charge in [0, 0.05) is 12.1 Å². The first-order valence-corrected chi connectivity index (χ1v) is 5.98. The highest BCUT2D eigenvalue weighted by atomic mass is 19.1. The molecule has 1 aliphatic rings. The standard InChI is InChI=1S/C13H19FN2/c1-10(11-3-2-4-12(14)9-11)16-13-5-7-15-8-6-13/h2-4,9-10,13,15-16H,5-8H2,1H3. The van der Waals surface area contributed by atoms with Crippen molar-refractivity contribution in [3.63, 3.8) is 0 Å². The van der Waals surface area contributed by atoms with Crippen LogP contribution in [0.2, 0.25) is 0 Å². The second-order valence-corrected chi connectivity index (χ2v) is 4.47. The molecule has 16 heavy (non-hydrogen) atoms. The normalized spacial score (nSPS) is 19.6. The molecule has 1 saturated heterocycles. The van der Waals surface area contributed by atoms with Gasteiger partial charge in [0.2, 0.25) is 0 Å². The molecule has 0 radical (unpaired) electrons. The van der Waals surface area contributed by atoms with Crippen molar-refractivity contribution in [2.75, 3.05) is 13.1 Å². The van der Waals surface area contributed by atoms with E-state index in [0.29, 0.717) is 6.04 Å². The number of halogens is 1. The molecule has 88 valence electrons. The van der Waals surface area contributed by atoms with Crippen molar-refractivity contribution in [1.29, 1.82) is 0 Å². The van der Waals surface area contributed by atoms with Crippen molar-refractivity contribution in [1.82, 2.24) is 10.6 Å². The van der Waals surface area contributed by atoms with E-state index >= 15 is 0 Å². The van der Waals surface area contributed by atoms with Crippen LogP contribution >= 0.6 is 0 Å². The largest absolute Gasteiger partial charge is 0.317 e. The van der Waals surface area contributed by atoms with Crippen LogP contribution in [0.1, 0.15) is 31.4 Å². The van der Waals surface area contributed by atoms with E-state index < -0.39 is 0 Å². The Morgan fingerprint density at radius 3 is 2.81 bits per heavy atom. The number of rotatable bonds is 3. The van der Waals surface area contributed by atoms with Gasteiger partial charge in [0.15, 0.2) is 0 Å². The highest BCUT2D eigenvalue weighted by Crippen LogP contribution is 2.16. The lowest BCUT2D eigenvalue weighted by Crippen LogP contribution is -2.40. The lowest BCUT2D eigenvalue weighted by atomic mass is 10.0. The third-order valence-electron chi connectivity index (χ3n) is 3.17. The number of nitrogens with one attached hydrogen (secondary N) is 2. The molecular formula is C13H19FN2. The first kappa shape index (κ1) is 11.6. The lowest BCUT2D eigenvalue weighted by molar-refractivity contribution is 0.359. The summed E-state index contributed by atoms with van der Waals surface area (Å²) < 4.78 is 13.1. The zero-order valence-electron chi connectivity index (χ0n) is 9.67. The van der Waals surface area contributed by atoms with Crippen LogP contribution in [-0.4, -0.2) is 19.1 Å². The smallest absolute Gasteiger partial charge is 0.123 e. The maximum atomic E-state index is 13.1. The Hall–Kier alpha value is -0.930. The second-order valence-electron chi connectivity index (χ2n) is 4.47. The lowest BCUT2D eigenvalue weighted by Gasteiger charge is -2.27. The number of hydrogen-bond donors (Lipinski definition) is 2. The molecule has 2 nitrogen and oxygen atoms in total. The van der Waals surface area contributed by atoms with Gasteiger partial charge in [0.25, 0.3) is 0 Å². The van der Waals surface area contributed by atoms with E-state index in [1.54, 1.807) is 12.1 Å². The van der Waals surface area contributed by atoms with Crippen molar-refractivity contribution in [3.05, 3.63) is 35.6 Å². The van der Waals surface area contributed by atoms with Crippen LogP contribution in [0.4, 0.5) is 4.39 Å². The molecular weight excluding hydrogens is 203 g/mol. The molecule has 0 amide bonds. The van der Waals surface area contributed by atoms with Crippen LogP contribution in [0, 0.1) is 5.82 Å². The van der Waals surface area contributed by atoms with Gasteiger partial charge >= 0.3 is 0 Å². The molecule has 1 aromatic carbocycles. The third kappa shape index (κ3) is 3.03. The van der Waals surface area contributed by atoms with Crippen molar-refractivity contribution in [2.45, 2.75) is 31.8 Å². The Kier molecular flexibility index (Phi) is 3.91. The van der Waals surface area contributed by atoms with Gasteiger partial charge < -0.3 is 10.6 Å². The molecule has 0 spiro atoms. The Bertz CT molecular complexity index is 334. The average Bonchev–Trinajstić information content (AvgIpc) is 2.30. The molecule has 1 aromatic rings. The summed E-state index contributed by atoms with van der Waals surface area (Å²) in [6.07, 6.45) is 2.30. The van der Waals surface area contributed by atoms with Gasteiger partial charge in [-0.1, -0.05) is 12.1 Å². The predicted molar refractivity (Wildman–Crippen MR) is 63.8 cm³/mol. The SMILES string of the molecule is CC(NC1CCNCC1)c1cccc(F)c1. The molecule has 1 fully saturated rings. The molecule has 2 N–H and O–H groups in total. The van der Waals surface area contributed by atoms with Gasteiger partial charge in [-0.05, 0) is 50.6 Å². The zero-order chi connectivity index (χ0) is 11.4. The predicted octanol–water partition coefficient (Wildman–Crippen LogP) is 2.23. The average molecular weight is 222 g/mol. The summed E-state index contributed by atoms with van der Waals surface area (Å²) in [5.41, 5.74) is 1.03. The van der Waals surface area contributed by atoms with Gasteiger partial charge in [0.05, 0.1) is 0 Å². The van der Waals surface area contributed by atoms with Gasteiger partial charge in [-0.25, -0.2) is 4.39 Å². The Morgan fingerprint density at radius 1 is 1.38 bits per heavy atom. The minimum absolute atomic E-state index is 0.156. The summed E-state index contributed by atoms with van der Waals surface area (Å²) >= 11 is 0. The second kappa shape index (κ2) is 5.41. The summed E-state index contributed by atoms with van der Waals surface area (Å²) in [6, 6.07) is 7.62. The first-order valence-electron chi connectivity index (χ1n) is 5.98. The van der Waals surface area contributed by atoms with E-state index in [9.17, 15) is 4.39 Å². The summed E-state index contributed by atoms with van der Waals surface area (Å²) in [7, 11) is 0. The van der Waals surface area contributed by atoms with Gasteiger partial charge in [-0.3, -0.25) is 0 Å². The van der Waals surface area contributed by atoms with Crippen molar-refractivity contribution >= 4 is 0 Å². The highest BCUT2D eigenvalue weighted by molar-refractivity contribution is 5.19. The summed E-state index contributed by atoms with van der Waals surface area (Å²) in [5.74, 6) is -0.156. The topological polar surface area (TPSA) is 24.1 Å². The minimum atomic E-state index is -0.156. The van der Waals surface area contributed by atoms with Crippen LogP contribution in [-0.2, 0) is 0 Å². The molecule has 0 aromatic heterocycles. The van der Waals surface area contributed by atoms with E-state index in [4.69, 9.17) is 0 Å². The van der Waals surface area contributed by atoms with Crippen LogP contribution < -0.4 is 10.6 Å². The third-order valence-corrected chi connectivity index (χ3v) is 3.17. The van der Waals surface area contributed by atoms with Crippen molar-refractivity contribution in [3.8, 4) is 0 Å². The summed E-state index contributed by atoms with van der Waals surface area (Å²) in [5, 5.41) is 6.89. The molecule has 3 heteroatoms. The Balaban J connectivity index is 1.94. The zero-order valence-corrected chi connectivity index (χ0v) is 9.67. The molecule has 0 aliphatic carbocycles. The van der Waals surface area contributed by atoms with E-state index in [0.717, 1.165) is 31.5 Å². The Labute approximate surface area is 96.2 Å². The maximum absolute atomic E-state index is 13.1. The van der Waals surface area contributed by atoms with Gasteiger partial charge in [0.1, 0.15) is 5.82 Å². The molecule has 2 rings (SSSR count). The highest BCUT2D eigenvalue weighted by Gasteiger charge is 2.15. The van der Waals surface area contributed by atoms with E-state index in [2.05, 4.69) is 17.6 Å². The van der Waals surface area contributed by atoms with Crippen molar-refractivity contribution < 1.29 is 4.39 Å². The minimum Gasteiger partial charge on any atom is -0.317 e. The van der Waals surface area contributed by atoms with Crippen LogP contribution in [0.3, 0.4) is 0 Å². The monoisotopic (exact) mass is 222 g/mol. The van der Waals surface area contributed by atoms with Crippen molar-refractivity contribution in [2.24, 2.45) is 0 Å². The first-order chi connectivity index (χ1) is 7.75. The molecule has 1 aliphatic heterocycles. The van der Waals surface area contributed by atoms with E-state index in [1.807, 2.05) is 6.07 Å². The summed E-state index contributed by atoms with van der Waals surface area (Å²) in [6.45, 7) is 4.25. The number of hydrogen-bond acceptors (Lipinski definition) is 2. The van der Waals surface area contributed by atoms with E-state index in [-0.39, 0.29) is 11.9 Å². The molecule has 0 bridgehead atoms. The van der Waals surface area contributed by atoms with Crippen LogP contribution in [0.15, 0.2) is 24.3 Å². The van der Waals surface area contributed by atoms with E-state index in [1.165, 1.54) is 6.07 Å². The fourth-order valence-corrected chi connectivity index (χ4v) is 2.21. The quantitative estimate of drug-likeness (QED) is 0.819. The summed E-state index contributed by atoms with van der Waals surface area (Å²) in [4.78, 5) is 0.